The molecule has 0 saturated carbocycles. The first kappa shape index (κ1) is 9.87. The Bertz CT molecular complexity index is 528. The van der Waals surface area contributed by atoms with Gasteiger partial charge in [-0.15, -0.1) is 0 Å². The van der Waals surface area contributed by atoms with Gasteiger partial charge in [-0.2, -0.15) is 0 Å². The van der Waals surface area contributed by atoms with E-state index >= 15 is 0 Å². The number of aliphatic hydroxyl groups excluding tert-OH is 1. The number of allylic oxidation sites excluding steroid dienone is 1. The van der Waals surface area contributed by atoms with Crippen molar-refractivity contribution in [3.63, 3.8) is 0 Å². The second kappa shape index (κ2) is 3.61. The third-order valence-electron chi connectivity index (χ3n) is 2.85. The van der Waals surface area contributed by atoms with Crippen molar-refractivity contribution in [2.75, 3.05) is 0 Å². The number of carbonyl (C=O) groups is 1. The molecule has 1 aromatic carbocycles. The van der Waals surface area contributed by atoms with E-state index in [4.69, 9.17) is 0 Å². The summed E-state index contributed by atoms with van der Waals surface area (Å²) in [6, 6.07) is 8.07. The minimum Gasteiger partial charge on any atom is -0.381 e. The summed E-state index contributed by atoms with van der Waals surface area (Å²) in [5.41, 5.74) is 1.92. The molecule has 2 nitrogen and oxygen atoms in total. The van der Waals surface area contributed by atoms with Gasteiger partial charge in [-0.1, -0.05) is 30.0 Å². The van der Waals surface area contributed by atoms with Crippen LogP contribution in [-0.4, -0.2) is 17.0 Å². The average Bonchev–Trinajstić information content (AvgIpc) is 2.32. The first-order valence-corrected chi connectivity index (χ1v) is 5.97. The van der Waals surface area contributed by atoms with E-state index in [-0.39, 0.29) is 5.78 Å². The second-order valence-electron chi connectivity index (χ2n) is 3.90. The Kier molecular flexibility index (Phi) is 2.23. The van der Waals surface area contributed by atoms with Crippen LogP contribution in [0, 0.1) is 0 Å². The fraction of sp³-hybridized carbons (Fsp3) is 0.154. The number of Topliss-reactive ketones (excluding diaryl/α,β-unsaturated/α-hetero) is 1. The highest BCUT2D eigenvalue weighted by molar-refractivity contribution is 8.03. The van der Waals surface area contributed by atoms with Gasteiger partial charge in [0.15, 0.2) is 5.78 Å². The summed E-state index contributed by atoms with van der Waals surface area (Å²) in [4.78, 5) is 14.0. The molecule has 0 aromatic heterocycles. The molecule has 1 unspecified atom stereocenters. The number of carbonyl (C=O) groups excluding carboxylic acids is 1. The molecule has 1 aromatic rings. The maximum absolute atomic E-state index is 11.8. The predicted octanol–water partition coefficient (Wildman–Crippen LogP) is 2.09. The molecule has 2 aliphatic rings. The van der Waals surface area contributed by atoms with E-state index in [0.29, 0.717) is 6.42 Å². The van der Waals surface area contributed by atoms with Crippen molar-refractivity contribution in [1.82, 2.24) is 0 Å². The summed E-state index contributed by atoms with van der Waals surface area (Å²) in [7, 11) is 0. The Labute approximate surface area is 97.7 Å². The number of aliphatic hydroxyl groups is 1. The van der Waals surface area contributed by atoms with E-state index in [2.05, 4.69) is 6.07 Å². The van der Waals surface area contributed by atoms with Crippen molar-refractivity contribution in [3.05, 3.63) is 52.5 Å². The van der Waals surface area contributed by atoms with Crippen LogP contribution in [0.1, 0.15) is 5.56 Å². The number of rotatable bonds is 0. The summed E-state index contributed by atoms with van der Waals surface area (Å²) in [6.07, 6.45) is 3.09. The highest BCUT2D eigenvalue weighted by Gasteiger charge is 2.28. The van der Waals surface area contributed by atoms with E-state index in [0.717, 1.165) is 10.5 Å². The van der Waals surface area contributed by atoms with Crippen molar-refractivity contribution < 1.29 is 9.90 Å². The summed E-state index contributed by atoms with van der Waals surface area (Å²) in [5, 5.41) is 9.48. The van der Waals surface area contributed by atoms with Crippen LogP contribution in [-0.2, 0) is 11.2 Å². The standard InChI is InChI=1S/C13H10O2S/c14-10-5-6-12-9(13(10)15)7-8-3-1-2-4-11(8)16-12/h1-6,10,14H,7H2. The van der Waals surface area contributed by atoms with Gasteiger partial charge in [0.05, 0.1) is 0 Å². The Morgan fingerprint density at radius 3 is 3.00 bits per heavy atom. The Balaban J connectivity index is 2.06. The van der Waals surface area contributed by atoms with Crippen molar-refractivity contribution in [2.24, 2.45) is 0 Å². The Morgan fingerprint density at radius 2 is 2.12 bits per heavy atom. The zero-order valence-corrected chi connectivity index (χ0v) is 9.33. The molecular formula is C13H10O2S. The zero-order valence-electron chi connectivity index (χ0n) is 8.51. The van der Waals surface area contributed by atoms with Crippen LogP contribution in [0.5, 0.6) is 0 Å². The van der Waals surface area contributed by atoms with E-state index in [1.54, 1.807) is 17.8 Å². The molecule has 0 amide bonds. The van der Waals surface area contributed by atoms with Crippen molar-refractivity contribution in [1.29, 1.82) is 0 Å². The molecule has 1 aliphatic carbocycles. The predicted molar refractivity (Wildman–Crippen MR) is 63.2 cm³/mol. The van der Waals surface area contributed by atoms with Crippen molar-refractivity contribution in [2.45, 2.75) is 17.4 Å². The van der Waals surface area contributed by atoms with Gasteiger partial charge < -0.3 is 5.11 Å². The third-order valence-corrected chi connectivity index (χ3v) is 4.07. The molecule has 80 valence electrons. The van der Waals surface area contributed by atoms with E-state index in [1.165, 1.54) is 10.5 Å². The summed E-state index contributed by atoms with van der Waals surface area (Å²) in [6.45, 7) is 0. The van der Waals surface area contributed by atoms with Gasteiger partial charge in [0.2, 0.25) is 0 Å². The van der Waals surface area contributed by atoms with Crippen LogP contribution in [0.4, 0.5) is 0 Å². The highest BCUT2D eigenvalue weighted by Crippen LogP contribution is 2.40. The molecule has 0 spiro atoms. The van der Waals surface area contributed by atoms with Gasteiger partial charge in [-0.3, -0.25) is 4.79 Å². The number of hydrogen-bond donors (Lipinski definition) is 1. The molecule has 16 heavy (non-hydrogen) atoms. The average molecular weight is 230 g/mol. The van der Waals surface area contributed by atoms with Crippen LogP contribution in [0.3, 0.4) is 0 Å². The number of hydrogen-bond acceptors (Lipinski definition) is 3. The molecule has 1 atom stereocenters. The SMILES string of the molecule is O=C1C2=C(C=CC1O)Sc1ccccc1C2. The van der Waals surface area contributed by atoms with Gasteiger partial charge in [-0.25, -0.2) is 0 Å². The zero-order chi connectivity index (χ0) is 11.1. The number of ketones is 1. The molecule has 1 heterocycles. The molecule has 0 bridgehead atoms. The lowest BCUT2D eigenvalue weighted by Crippen LogP contribution is -2.25. The van der Waals surface area contributed by atoms with Crippen molar-refractivity contribution in [3.8, 4) is 0 Å². The van der Waals surface area contributed by atoms with E-state index in [1.807, 2.05) is 24.3 Å². The second-order valence-corrected chi connectivity index (χ2v) is 4.98. The number of benzene rings is 1. The largest absolute Gasteiger partial charge is 0.381 e. The minimum absolute atomic E-state index is 0.153. The van der Waals surface area contributed by atoms with Gasteiger partial charge >= 0.3 is 0 Å². The monoisotopic (exact) mass is 230 g/mol. The topological polar surface area (TPSA) is 37.3 Å². The molecule has 3 heteroatoms. The Hall–Kier alpha value is -1.32. The molecule has 1 aliphatic heterocycles. The van der Waals surface area contributed by atoms with Gasteiger partial charge in [0.1, 0.15) is 6.10 Å². The van der Waals surface area contributed by atoms with Gasteiger partial charge in [0, 0.05) is 21.8 Å². The minimum atomic E-state index is -0.954. The summed E-state index contributed by atoms with van der Waals surface area (Å²) >= 11 is 1.61. The van der Waals surface area contributed by atoms with Crippen LogP contribution in [0.25, 0.3) is 0 Å². The smallest absolute Gasteiger partial charge is 0.192 e. The normalized spacial score (nSPS) is 23.1. The molecule has 0 saturated heterocycles. The molecule has 3 rings (SSSR count). The van der Waals surface area contributed by atoms with Crippen LogP contribution >= 0.6 is 11.8 Å². The molecule has 0 radical (unpaired) electrons. The van der Waals surface area contributed by atoms with Crippen LogP contribution < -0.4 is 0 Å². The maximum Gasteiger partial charge on any atom is 0.192 e. The fourth-order valence-electron chi connectivity index (χ4n) is 1.99. The number of fused-ring (bicyclic) bond motifs is 1. The first-order chi connectivity index (χ1) is 7.75. The third kappa shape index (κ3) is 1.44. The molecular weight excluding hydrogens is 220 g/mol. The van der Waals surface area contributed by atoms with E-state index in [9.17, 15) is 9.90 Å². The summed E-state index contributed by atoms with van der Waals surface area (Å²) in [5.74, 6) is -0.153. The molecule has 1 N–H and O–H groups in total. The highest BCUT2D eigenvalue weighted by atomic mass is 32.2. The lowest BCUT2D eigenvalue weighted by Gasteiger charge is -2.23. The quantitative estimate of drug-likeness (QED) is 0.741. The maximum atomic E-state index is 11.8. The lowest BCUT2D eigenvalue weighted by atomic mass is 9.94. The van der Waals surface area contributed by atoms with Gasteiger partial charge in [-0.05, 0) is 23.8 Å². The molecule has 0 fully saturated rings. The Morgan fingerprint density at radius 1 is 1.31 bits per heavy atom. The number of thioether (sulfide) groups is 1. The van der Waals surface area contributed by atoms with Gasteiger partial charge in [0.25, 0.3) is 0 Å². The van der Waals surface area contributed by atoms with Crippen molar-refractivity contribution >= 4 is 17.5 Å². The fourth-order valence-corrected chi connectivity index (χ4v) is 3.09. The van der Waals surface area contributed by atoms with Crippen LogP contribution in [0.15, 0.2) is 51.8 Å². The first-order valence-electron chi connectivity index (χ1n) is 5.15. The van der Waals surface area contributed by atoms with Crippen LogP contribution in [0.2, 0.25) is 0 Å². The van der Waals surface area contributed by atoms with E-state index < -0.39 is 6.10 Å². The summed E-state index contributed by atoms with van der Waals surface area (Å²) < 4.78 is 0. The lowest BCUT2D eigenvalue weighted by molar-refractivity contribution is -0.121.